The summed E-state index contributed by atoms with van der Waals surface area (Å²) in [4.78, 5) is 67.5. The third-order valence-electron chi connectivity index (χ3n) is 10.1. The molecule has 3 aliphatic heterocycles. The lowest BCUT2D eigenvalue weighted by molar-refractivity contribution is -0.385. The number of amides is 2. The topological polar surface area (TPSA) is 165 Å². The van der Waals surface area contributed by atoms with Crippen LogP contribution in [-0.2, 0) is 26.5 Å². The highest BCUT2D eigenvalue weighted by Crippen LogP contribution is 2.60. The lowest BCUT2D eigenvalue weighted by atomic mass is 9.82. The van der Waals surface area contributed by atoms with E-state index in [9.17, 15) is 34.4 Å². The van der Waals surface area contributed by atoms with E-state index in [0.29, 0.717) is 35.5 Å². The molecular formula is C34H40N4O9Si. The zero-order chi connectivity index (χ0) is 34.5. The number of pyridine rings is 1. The lowest BCUT2D eigenvalue weighted by Gasteiger charge is -2.32. The molecule has 2 amide bonds. The van der Waals surface area contributed by atoms with Crippen LogP contribution in [0.15, 0.2) is 65.6 Å². The fraction of sp³-hybridized carbons (Fsp3) is 0.441. The van der Waals surface area contributed by atoms with Crippen molar-refractivity contribution >= 4 is 31.5 Å². The standard InChI is InChI=1S/C34H40N4O9Si/c1-21-31(48(3,4)45)29(18-30(40)35-14-6-10-25(35)20-39)47-34(21)26-17-24(38(43)44)12-13-27(26)37(33(34)42)19-22-8-5-9-23(16-22)36-15-7-11-28(46-2)32(36)41/h5,7-9,11-13,15-17,21,25,29,31,39,45H,6,10,14,18-20H2,1-4H3/t21-,25-,29+,31-,34+/m0/s1. The van der Waals surface area contributed by atoms with Crippen molar-refractivity contribution in [2.45, 2.75) is 69.1 Å². The first-order valence-corrected chi connectivity index (χ1v) is 19.1. The summed E-state index contributed by atoms with van der Waals surface area (Å²) in [5.74, 6) is -1.12. The van der Waals surface area contributed by atoms with Crippen molar-refractivity contribution in [1.82, 2.24) is 9.47 Å². The van der Waals surface area contributed by atoms with E-state index in [4.69, 9.17) is 9.47 Å². The molecule has 0 aliphatic carbocycles. The average Bonchev–Trinajstić information content (AvgIpc) is 3.71. The van der Waals surface area contributed by atoms with Crippen molar-refractivity contribution in [1.29, 1.82) is 0 Å². The second-order valence-corrected chi connectivity index (χ2v) is 17.4. The first-order valence-electron chi connectivity index (χ1n) is 16.1. The molecule has 0 unspecified atom stereocenters. The Labute approximate surface area is 278 Å². The van der Waals surface area contributed by atoms with Crippen molar-refractivity contribution in [2.24, 2.45) is 5.92 Å². The van der Waals surface area contributed by atoms with Crippen molar-refractivity contribution in [3.63, 3.8) is 0 Å². The van der Waals surface area contributed by atoms with Gasteiger partial charge in [0.05, 0.1) is 49.4 Å². The number of aliphatic hydroxyl groups excluding tert-OH is 1. The van der Waals surface area contributed by atoms with Crippen LogP contribution >= 0.6 is 0 Å². The largest absolute Gasteiger partial charge is 0.491 e. The fourth-order valence-corrected chi connectivity index (χ4v) is 10.6. The molecule has 4 heterocycles. The van der Waals surface area contributed by atoms with Gasteiger partial charge in [-0.05, 0) is 61.8 Å². The zero-order valence-electron chi connectivity index (χ0n) is 27.4. The van der Waals surface area contributed by atoms with Gasteiger partial charge >= 0.3 is 0 Å². The van der Waals surface area contributed by atoms with Crippen LogP contribution in [-0.4, -0.2) is 76.8 Å². The molecule has 2 fully saturated rings. The number of aromatic nitrogens is 1. The Balaban J connectivity index is 1.40. The van der Waals surface area contributed by atoms with Gasteiger partial charge in [0, 0.05) is 47.6 Å². The number of methoxy groups -OCH3 is 1. The van der Waals surface area contributed by atoms with Crippen LogP contribution in [0.25, 0.3) is 5.69 Å². The van der Waals surface area contributed by atoms with Crippen LogP contribution in [0.2, 0.25) is 18.6 Å². The molecule has 254 valence electrons. The van der Waals surface area contributed by atoms with Gasteiger partial charge in [0.2, 0.25) is 5.91 Å². The van der Waals surface area contributed by atoms with Gasteiger partial charge < -0.3 is 29.2 Å². The number of fused-ring (bicyclic) bond motifs is 2. The Bertz CT molecular complexity index is 1820. The number of ether oxygens (including phenoxy) is 2. The summed E-state index contributed by atoms with van der Waals surface area (Å²) in [5, 5.41) is 21.8. The number of hydrogen-bond donors (Lipinski definition) is 2. The van der Waals surface area contributed by atoms with Gasteiger partial charge in [0.25, 0.3) is 17.2 Å². The quantitative estimate of drug-likeness (QED) is 0.196. The van der Waals surface area contributed by atoms with Gasteiger partial charge in [-0.1, -0.05) is 19.1 Å². The maximum Gasteiger partial charge on any atom is 0.297 e. The molecule has 1 aromatic heterocycles. The Morgan fingerprint density at radius 2 is 1.94 bits per heavy atom. The summed E-state index contributed by atoms with van der Waals surface area (Å²) < 4.78 is 13.4. The molecule has 5 atom stereocenters. The molecule has 14 heteroatoms. The predicted octanol–water partition coefficient (Wildman–Crippen LogP) is 3.47. The Hall–Kier alpha value is -4.37. The predicted molar refractivity (Wildman–Crippen MR) is 178 cm³/mol. The third kappa shape index (κ3) is 5.51. The number of hydrogen-bond acceptors (Lipinski definition) is 9. The van der Waals surface area contributed by atoms with Crippen LogP contribution in [0.5, 0.6) is 5.75 Å². The number of nitro groups is 1. The molecule has 2 N–H and O–H groups in total. The smallest absolute Gasteiger partial charge is 0.297 e. The maximum absolute atomic E-state index is 14.8. The van der Waals surface area contributed by atoms with E-state index in [1.807, 2.05) is 13.0 Å². The number of anilines is 1. The van der Waals surface area contributed by atoms with E-state index in [2.05, 4.69) is 0 Å². The minimum atomic E-state index is -3.11. The van der Waals surface area contributed by atoms with E-state index in [-0.39, 0.29) is 48.5 Å². The van der Waals surface area contributed by atoms with E-state index in [1.165, 1.54) is 34.8 Å². The molecule has 48 heavy (non-hydrogen) atoms. The number of aliphatic hydroxyl groups is 1. The van der Waals surface area contributed by atoms with Crippen molar-refractivity contribution in [3.05, 3.63) is 92.4 Å². The fourth-order valence-electron chi connectivity index (χ4n) is 8.00. The van der Waals surface area contributed by atoms with Gasteiger partial charge in [0.1, 0.15) is 0 Å². The number of nitro benzene ring substituents is 1. The number of rotatable bonds is 9. The molecule has 3 aliphatic rings. The van der Waals surface area contributed by atoms with E-state index >= 15 is 0 Å². The SMILES string of the molecule is COc1cccn(-c2cccc(CN3C(=O)[C@]4(O[C@H](CC(=O)N5CCC[C@H]5CO)[C@@H]([Si](C)(C)O)[C@@H]4C)c4cc([N+](=O)[O-])ccc43)c2)c1=O. The minimum Gasteiger partial charge on any atom is -0.491 e. The van der Waals surface area contributed by atoms with Gasteiger partial charge in [-0.3, -0.25) is 29.1 Å². The Morgan fingerprint density at radius 3 is 2.62 bits per heavy atom. The summed E-state index contributed by atoms with van der Waals surface area (Å²) in [6.45, 7) is 5.72. The number of likely N-dealkylation sites (tertiary alicyclic amines) is 1. The highest BCUT2D eigenvalue weighted by molar-refractivity contribution is 6.71. The summed E-state index contributed by atoms with van der Waals surface area (Å²) in [6.07, 6.45) is 2.15. The third-order valence-corrected chi connectivity index (χ3v) is 12.6. The first kappa shape index (κ1) is 33.5. The Kier molecular flexibility index (Phi) is 8.79. The maximum atomic E-state index is 14.8. The van der Waals surface area contributed by atoms with E-state index < -0.39 is 42.3 Å². The van der Waals surface area contributed by atoms with Gasteiger partial charge in [-0.2, -0.15) is 0 Å². The van der Waals surface area contributed by atoms with Crippen LogP contribution in [0.1, 0.15) is 37.3 Å². The lowest BCUT2D eigenvalue weighted by Crippen LogP contribution is -2.46. The number of carbonyl (C=O) groups is 2. The molecule has 13 nitrogen and oxygen atoms in total. The van der Waals surface area contributed by atoms with E-state index in [0.717, 1.165) is 6.42 Å². The van der Waals surface area contributed by atoms with Crippen molar-refractivity contribution < 1.29 is 33.9 Å². The molecule has 1 spiro atoms. The van der Waals surface area contributed by atoms with Gasteiger partial charge in [0.15, 0.2) is 19.7 Å². The normalized spacial score (nSPS) is 25.2. The molecule has 2 aromatic carbocycles. The molecule has 2 saturated heterocycles. The zero-order valence-corrected chi connectivity index (χ0v) is 28.4. The summed E-state index contributed by atoms with van der Waals surface area (Å²) >= 11 is 0. The Morgan fingerprint density at radius 1 is 1.17 bits per heavy atom. The van der Waals surface area contributed by atoms with E-state index in [1.54, 1.807) is 54.5 Å². The number of nitrogens with zero attached hydrogens (tertiary/aromatic N) is 4. The number of non-ortho nitro benzene ring substituents is 1. The molecule has 0 radical (unpaired) electrons. The first-order chi connectivity index (χ1) is 22.8. The second kappa shape index (κ2) is 12.6. The van der Waals surface area contributed by atoms with Crippen LogP contribution in [0, 0.1) is 16.0 Å². The molecule has 0 bridgehead atoms. The van der Waals surface area contributed by atoms with Crippen LogP contribution < -0.4 is 15.2 Å². The summed E-state index contributed by atoms with van der Waals surface area (Å²) in [5.41, 5.74) is -0.804. The second-order valence-electron chi connectivity index (χ2n) is 13.4. The van der Waals surface area contributed by atoms with Gasteiger partial charge in [-0.15, -0.1) is 0 Å². The van der Waals surface area contributed by atoms with Crippen molar-refractivity contribution in [2.75, 3.05) is 25.2 Å². The minimum absolute atomic E-state index is 0.0637. The summed E-state index contributed by atoms with van der Waals surface area (Å²) in [7, 11) is -1.69. The monoisotopic (exact) mass is 676 g/mol. The number of carbonyl (C=O) groups excluding carboxylic acids is 2. The highest BCUT2D eigenvalue weighted by atomic mass is 28.4. The van der Waals surface area contributed by atoms with Gasteiger partial charge in [-0.25, -0.2) is 0 Å². The van der Waals surface area contributed by atoms with Crippen LogP contribution in [0.3, 0.4) is 0 Å². The molecule has 6 rings (SSSR count). The summed E-state index contributed by atoms with van der Waals surface area (Å²) in [6, 6.07) is 14.4. The molecular weight excluding hydrogens is 636 g/mol. The van der Waals surface area contributed by atoms with Crippen molar-refractivity contribution in [3.8, 4) is 11.4 Å². The average molecular weight is 677 g/mol. The molecule has 3 aromatic rings. The van der Waals surface area contributed by atoms with Crippen LogP contribution in [0.4, 0.5) is 11.4 Å². The molecule has 0 saturated carbocycles. The highest BCUT2D eigenvalue weighted by Gasteiger charge is 2.66. The number of benzene rings is 2.